The molecule has 0 spiro atoms. The van der Waals surface area contributed by atoms with E-state index in [0.717, 1.165) is 42.7 Å². The maximum absolute atomic E-state index is 13.5. The molecule has 8 nitrogen and oxygen atoms in total. The van der Waals surface area contributed by atoms with Gasteiger partial charge in [-0.1, -0.05) is 30.2 Å². The van der Waals surface area contributed by atoms with Crippen LogP contribution in [-0.4, -0.2) is 60.4 Å². The first-order chi connectivity index (χ1) is 20.6. The van der Waals surface area contributed by atoms with Gasteiger partial charge in [0.1, 0.15) is 54.5 Å². The van der Waals surface area contributed by atoms with Gasteiger partial charge >= 0.3 is 0 Å². The third-order valence-corrected chi connectivity index (χ3v) is 7.76. The van der Waals surface area contributed by atoms with Gasteiger partial charge in [0, 0.05) is 30.8 Å². The molecule has 42 heavy (non-hydrogen) atoms. The molecule has 6 rings (SSSR count). The quantitative estimate of drug-likeness (QED) is 0.204. The molecule has 1 aromatic heterocycles. The van der Waals surface area contributed by atoms with Crippen molar-refractivity contribution in [3.63, 3.8) is 0 Å². The Morgan fingerprint density at radius 2 is 1.90 bits per heavy atom. The summed E-state index contributed by atoms with van der Waals surface area (Å²) in [4.78, 5) is 11.5. The number of nitrogens with one attached hydrogen (secondary N) is 1. The zero-order valence-corrected chi connectivity index (χ0v) is 24.1. The lowest BCUT2D eigenvalue weighted by atomic mass is 10.1. The highest BCUT2D eigenvalue weighted by atomic mass is 35.5. The number of piperidine rings is 1. The summed E-state index contributed by atoms with van der Waals surface area (Å²) in [7, 11) is 0. The monoisotopic (exact) mass is 592 g/mol. The van der Waals surface area contributed by atoms with Crippen LogP contribution in [0.3, 0.4) is 0 Å². The third kappa shape index (κ3) is 7.21. The molecule has 3 heterocycles. The van der Waals surface area contributed by atoms with Crippen LogP contribution in [0.1, 0.15) is 31.2 Å². The van der Waals surface area contributed by atoms with Crippen LogP contribution in [0.4, 0.5) is 15.9 Å². The van der Waals surface area contributed by atoms with E-state index < -0.39 is 0 Å². The number of hydrogen-bond acceptors (Lipinski definition) is 8. The molecule has 3 aromatic carbocycles. The van der Waals surface area contributed by atoms with Crippen molar-refractivity contribution in [2.24, 2.45) is 0 Å². The lowest BCUT2D eigenvalue weighted by Crippen LogP contribution is -2.33. The van der Waals surface area contributed by atoms with E-state index in [4.69, 9.17) is 30.5 Å². The zero-order valence-electron chi connectivity index (χ0n) is 23.4. The molecule has 220 valence electrons. The fourth-order valence-electron chi connectivity index (χ4n) is 5.28. The van der Waals surface area contributed by atoms with Crippen LogP contribution in [0.15, 0.2) is 60.9 Å². The van der Waals surface area contributed by atoms with Crippen molar-refractivity contribution in [2.75, 3.05) is 44.8 Å². The number of aromatic nitrogens is 2. The van der Waals surface area contributed by atoms with E-state index >= 15 is 0 Å². The highest BCUT2D eigenvalue weighted by Crippen LogP contribution is 2.38. The van der Waals surface area contributed by atoms with Crippen LogP contribution in [0, 0.1) is 5.82 Å². The maximum Gasteiger partial charge on any atom is 0.145 e. The predicted octanol–water partition coefficient (Wildman–Crippen LogP) is 6.78. The Hall–Kier alpha value is -3.66. The predicted molar refractivity (Wildman–Crippen MR) is 161 cm³/mol. The van der Waals surface area contributed by atoms with Gasteiger partial charge in [0.05, 0.1) is 29.1 Å². The van der Waals surface area contributed by atoms with Crippen molar-refractivity contribution in [1.29, 1.82) is 0 Å². The summed E-state index contributed by atoms with van der Waals surface area (Å²) in [6.07, 6.45) is 6.08. The molecule has 4 aromatic rings. The number of benzene rings is 3. The number of fused-ring (bicyclic) bond motifs is 1. The minimum atomic E-state index is -0.307. The van der Waals surface area contributed by atoms with Gasteiger partial charge in [-0.2, -0.15) is 0 Å². The normalized spacial score (nSPS) is 17.3. The summed E-state index contributed by atoms with van der Waals surface area (Å²) >= 11 is 6.55. The average Bonchev–Trinajstić information content (AvgIpc) is 3.50. The lowest BCUT2D eigenvalue weighted by molar-refractivity contribution is 0.142. The Balaban J connectivity index is 1.21. The molecule has 0 aliphatic carbocycles. The molecule has 2 aliphatic heterocycles. The Morgan fingerprint density at radius 1 is 1.00 bits per heavy atom. The molecule has 2 fully saturated rings. The van der Waals surface area contributed by atoms with Crippen molar-refractivity contribution in [1.82, 2.24) is 14.9 Å². The van der Waals surface area contributed by atoms with Gasteiger partial charge in [-0.05, 0) is 61.8 Å². The summed E-state index contributed by atoms with van der Waals surface area (Å²) < 4.78 is 37.5. The summed E-state index contributed by atoms with van der Waals surface area (Å²) in [5.41, 5.74) is 2.14. The van der Waals surface area contributed by atoms with E-state index in [2.05, 4.69) is 20.2 Å². The van der Waals surface area contributed by atoms with Crippen molar-refractivity contribution < 1.29 is 23.3 Å². The largest absolute Gasteiger partial charge is 0.492 e. The second-order valence-electron chi connectivity index (χ2n) is 10.6. The number of nitrogens with zero attached hydrogens (tertiary/aromatic N) is 3. The summed E-state index contributed by atoms with van der Waals surface area (Å²) in [5, 5.41) is 4.53. The van der Waals surface area contributed by atoms with Gasteiger partial charge in [-0.3, -0.25) is 4.90 Å². The molecule has 2 saturated heterocycles. The van der Waals surface area contributed by atoms with E-state index in [1.54, 1.807) is 24.3 Å². The van der Waals surface area contributed by atoms with Gasteiger partial charge in [0.2, 0.25) is 0 Å². The molecule has 2 aliphatic rings. The molecule has 0 bridgehead atoms. The maximum atomic E-state index is 13.5. The minimum Gasteiger partial charge on any atom is -0.492 e. The molecule has 1 N–H and O–H groups in total. The first-order valence-electron chi connectivity index (χ1n) is 14.4. The molecule has 1 unspecified atom stereocenters. The number of ether oxygens (including phenoxy) is 4. The van der Waals surface area contributed by atoms with Gasteiger partial charge in [-0.25, -0.2) is 14.4 Å². The van der Waals surface area contributed by atoms with E-state index in [0.29, 0.717) is 53.4 Å². The average molecular weight is 593 g/mol. The van der Waals surface area contributed by atoms with Crippen molar-refractivity contribution in [3.05, 3.63) is 77.3 Å². The van der Waals surface area contributed by atoms with Gasteiger partial charge in [-0.15, -0.1) is 0 Å². The first-order valence-corrected chi connectivity index (χ1v) is 14.8. The Kier molecular flexibility index (Phi) is 9.18. The standard InChI is InChI=1S/C32H34ClFN4O4/c33-27-16-24(7-8-29(27)41-19-22-5-4-6-23(34)15-22)37-32-31-28(35-21-36-32)17-26(18-30(31)42-25-9-13-39-20-25)40-14-12-38-10-2-1-3-11-38/h4-8,15-18,21,25H,1-3,9-14,19-20H2,(H,35,36,37). The lowest BCUT2D eigenvalue weighted by Gasteiger charge is -2.26. The highest BCUT2D eigenvalue weighted by molar-refractivity contribution is 6.32. The van der Waals surface area contributed by atoms with Crippen LogP contribution >= 0.6 is 11.6 Å². The Bertz CT molecular complexity index is 1510. The first kappa shape index (κ1) is 28.5. The number of halogens is 2. The number of rotatable bonds is 11. The topological polar surface area (TPSA) is 78.0 Å². The fraction of sp³-hybridized carbons (Fsp3) is 0.375. The van der Waals surface area contributed by atoms with Crippen LogP contribution in [0.2, 0.25) is 5.02 Å². The van der Waals surface area contributed by atoms with Crippen molar-refractivity contribution in [2.45, 2.75) is 38.4 Å². The Labute approximate surface area is 249 Å². The minimum absolute atomic E-state index is 0.0613. The third-order valence-electron chi connectivity index (χ3n) is 7.46. The molecule has 0 saturated carbocycles. The number of likely N-dealkylation sites (tertiary alicyclic amines) is 1. The van der Waals surface area contributed by atoms with E-state index in [1.807, 2.05) is 18.2 Å². The van der Waals surface area contributed by atoms with E-state index in [-0.39, 0.29) is 18.5 Å². The van der Waals surface area contributed by atoms with Crippen LogP contribution in [0.25, 0.3) is 10.9 Å². The van der Waals surface area contributed by atoms with Gasteiger partial charge < -0.3 is 24.3 Å². The molecular weight excluding hydrogens is 559 g/mol. The van der Waals surface area contributed by atoms with Crippen molar-refractivity contribution in [3.8, 4) is 17.2 Å². The fourth-order valence-corrected chi connectivity index (χ4v) is 5.52. The van der Waals surface area contributed by atoms with E-state index in [9.17, 15) is 4.39 Å². The second-order valence-corrected chi connectivity index (χ2v) is 11.0. The molecular formula is C32H34ClFN4O4. The SMILES string of the molecule is Fc1cccc(COc2ccc(Nc3ncnc4cc(OCCN5CCCCC5)cc(OC5CCOC5)c34)cc2Cl)c1. The molecule has 1 atom stereocenters. The van der Waals surface area contributed by atoms with Crippen LogP contribution in [-0.2, 0) is 11.3 Å². The smallest absolute Gasteiger partial charge is 0.145 e. The van der Waals surface area contributed by atoms with Crippen molar-refractivity contribution >= 4 is 34.0 Å². The number of hydrogen-bond donors (Lipinski definition) is 1. The summed E-state index contributed by atoms with van der Waals surface area (Å²) in [6, 6.07) is 15.5. The summed E-state index contributed by atoms with van der Waals surface area (Å²) in [6.45, 7) is 5.15. The van der Waals surface area contributed by atoms with E-state index in [1.165, 1.54) is 37.7 Å². The number of anilines is 2. The molecule has 0 amide bonds. The van der Waals surface area contributed by atoms with Crippen LogP contribution in [0.5, 0.6) is 17.2 Å². The Morgan fingerprint density at radius 3 is 2.71 bits per heavy atom. The van der Waals surface area contributed by atoms with Gasteiger partial charge in [0.25, 0.3) is 0 Å². The highest BCUT2D eigenvalue weighted by Gasteiger charge is 2.21. The zero-order chi connectivity index (χ0) is 28.7. The van der Waals surface area contributed by atoms with Crippen LogP contribution < -0.4 is 19.5 Å². The summed E-state index contributed by atoms with van der Waals surface area (Å²) in [5.74, 6) is 2.12. The molecule has 0 radical (unpaired) electrons. The van der Waals surface area contributed by atoms with Gasteiger partial charge in [0.15, 0.2) is 0 Å². The molecule has 10 heteroatoms. The second kappa shape index (κ2) is 13.5.